The van der Waals surface area contributed by atoms with Crippen molar-refractivity contribution in [2.75, 3.05) is 0 Å². The highest BCUT2D eigenvalue weighted by molar-refractivity contribution is 5.74. The van der Waals surface area contributed by atoms with Gasteiger partial charge in [0, 0.05) is 17.3 Å². The van der Waals surface area contributed by atoms with Gasteiger partial charge in [0.05, 0.1) is 18.5 Å². The third-order valence-corrected chi connectivity index (χ3v) is 5.50. The second-order valence-electron chi connectivity index (χ2n) is 7.64. The van der Waals surface area contributed by atoms with Crippen molar-refractivity contribution in [1.82, 2.24) is 24.5 Å². The number of nitrogens with two attached hydrogens (primary N) is 1. The van der Waals surface area contributed by atoms with E-state index in [-0.39, 0.29) is 6.54 Å². The van der Waals surface area contributed by atoms with Crippen molar-refractivity contribution < 1.29 is 9.53 Å². The summed E-state index contributed by atoms with van der Waals surface area (Å²) in [6.45, 7) is 2.88. The molecule has 156 valence electrons. The van der Waals surface area contributed by atoms with Crippen LogP contribution in [0.1, 0.15) is 28.3 Å². The maximum Gasteiger partial charge on any atom is 0.239 e. The van der Waals surface area contributed by atoms with Gasteiger partial charge in [-0.05, 0) is 36.1 Å². The SMILES string of the molecule is Cc1nnc2n1-c1ccc(-c3cnn(CC(N)=O)c3)c(Cc3ccccc3)c1COC2. The molecule has 3 heterocycles. The highest BCUT2D eigenvalue weighted by Gasteiger charge is 2.23. The Labute approximate surface area is 179 Å². The fourth-order valence-corrected chi connectivity index (χ4v) is 4.13. The molecular formula is C23H22N6O2. The van der Waals surface area contributed by atoms with Gasteiger partial charge in [-0.15, -0.1) is 10.2 Å². The average molecular weight is 414 g/mol. The Morgan fingerprint density at radius 2 is 1.97 bits per heavy atom. The molecule has 1 amide bonds. The van der Waals surface area contributed by atoms with E-state index in [1.165, 1.54) is 5.56 Å². The van der Waals surface area contributed by atoms with Gasteiger partial charge in [0.25, 0.3) is 0 Å². The monoisotopic (exact) mass is 414 g/mol. The summed E-state index contributed by atoms with van der Waals surface area (Å²) in [5.74, 6) is 1.20. The molecular weight excluding hydrogens is 392 g/mol. The lowest BCUT2D eigenvalue weighted by Gasteiger charge is -2.18. The quantitative estimate of drug-likeness (QED) is 0.541. The molecule has 0 saturated heterocycles. The molecule has 1 aliphatic rings. The first-order chi connectivity index (χ1) is 15.1. The molecule has 31 heavy (non-hydrogen) atoms. The normalized spacial score (nSPS) is 12.8. The Morgan fingerprint density at radius 3 is 2.77 bits per heavy atom. The standard InChI is InChI=1S/C23H22N6O2/c1-15-26-27-23-14-31-13-20-19(9-16-5-3-2-4-6-16)18(7-8-21(20)29(15)23)17-10-25-28(11-17)12-22(24)30/h2-8,10-11H,9,12-14H2,1H3,(H2,24,30). The molecule has 5 rings (SSSR count). The van der Waals surface area contributed by atoms with Crippen LogP contribution in [-0.4, -0.2) is 30.5 Å². The minimum Gasteiger partial charge on any atom is -0.369 e. The van der Waals surface area contributed by atoms with Gasteiger partial charge in [-0.1, -0.05) is 36.4 Å². The summed E-state index contributed by atoms with van der Waals surface area (Å²) in [5, 5.41) is 12.8. The van der Waals surface area contributed by atoms with E-state index in [2.05, 4.69) is 44.1 Å². The number of fused-ring (bicyclic) bond motifs is 3. The van der Waals surface area contributed by atoms with Crippen LogP contribution in [-0.2, 0) is 35.7 Å². The Kier molecular flexibility index (Phi) is 4.83. The van der Waals surface area contributed by atoms with E-state index < -0.39 is 5.91 Å². The molecule has 0 aliphatic carbocycles. The van der Waals surface area contributed by atoms with E-state index in [9.17, 15) is 4.79 Å². The van der Waals surface area contributed by atoms with Gasteiger partial charge in [0.2, 0.25) is 5.91 Å². The molecule has 0 radical (unpaired) electrons. The molecule has 0 spiro atoms. The number of benzene rings is 2. The molecule has 4 aromatic rings. The van der Waals surface area contributed by atoms with Gasteiger partial charge >= 0.3 is 0 Å². The number of carbonyl (C=O) groups is 1. The van der Waals surface area contributed by atoms with Gasteiger partial charge in [-0.2, -0.15) is 5.10 Å². The van der Waals surface area contributed by atoms with Crippen LogP contribution in [0.2, 0.25) is 0 Å². The van der Waals surface area contributed by atoms with Crippen molar-refractivity contribution in [3.63, 3.8) is 0 Å². The van der Waals surface area contributed by atoms with Crippen molar-refractivity contribution in [3.8, 4) is 16.8 Å². The van der Waals surface area contributed by atoms with Crippen molar-refractivity contribution in [3.05, 3.63) is 83.2 Å². The second-order valence-corrected chi connectivity index (χ2v) is 7.64. The smallest absolute Gasteiger partial charge is 0.239 e. The first-order valence-corrected chi connectivity index (χ1v) is 10.1. The molecule has 0 unspecified atom stereocenters. The third kappa shape index (κ3) is 3.62. The molecule has 0 saturated carbocycles. The van der Waals surface area contributed by atoms with Gasteiger partial charge in [-0.3, -0.25) is 14.0 Å². The van der Waals surface area contributed by atoms with Crippen molar-refractivity contribution >= 4 is 5.91 Å². The lowest BCUT2D eigenvalue weighted by Crippen LogP contribution is -2.18. The van der Waals surface area contributed by atoms with Gasteiger partial charge in [0.15, 0.2) is 5.82 Å². The molecule has 2 N–H and O–H groups in total. The van der Waals surface area contributed by atoms with Crippen molar-refractivity contribution in [1.29, 1.82) is 0 Å². The highest BCUT2D eigenvalue weighted by Crippen LogP contribution is 2.35. The van der Waals surface area contributed by atoms with E-state index in [0.717, 1.165) is 46.0 Å². The van der Waals surface area contributed by atoms with Crippen LogP contribution < -0.4 is 5.73 Å². The Morgan fingerprint density at radius 1 is 1.13 bits per heavy atom. The van der Waals surface area contributed by atoms with Crippen molar-refractivity contribution in [2.24, 2.45) is 5.73 Å². The van der Waals surface area contributed by atoms with Crippen LogP contribution in [0.25, 0.3) is 16.8 Å². The summed E-state index contributed by atoms with van der Waals surface area (Å²) in [7, 11) is 0. The number of ether oxygens (including phenoxy) is 1. The zero-order valence-corrected chi connectivity index (χ0v) is 17.2. The predicted molar refractivity (Wildman–Crippen MR) is 114 cm³/mol. The number of rotatable bonds is 5. The Bertz CT molecular complexity index is 1260. The molecule has 0 fully saturated rings. The van der Waals surface area contributed by atoms with E-state index >= 15 is 0 Å². The van der Waals surface area contributed by atoms with Gasteiger partial charge in [0.1, 0.15) is 19.0 Å². The lowest BCUT2D eigenvalue weighted by molar-refractivity contribution is -0.118. The van der Waals surface area contributed by atoms with E-state index in [1.54, 1.807) is 10.9 Å². The van der Waals surface area contributed by atoms with Crippen molar-refractivity contribution in [2.45, 2.75) is 33.1 Å². The summed E-state index contributed by atoms with van der Waals surface area (Å²) < 4.78 is 9.61. The van der Waals surface area contributed by atoms with E-state index in [1.807, 2.05) is 31.3 Å². The molecule has 8 heteroatoms. The fourth-order valence-electron chi connectivity index (χ4n) is 4.13. The summed E-state index contributed by atoms with van der Waals surface area (Å²) >= 11 is 0. The van der Waals surface area contributed by atoms with Crippen LogP contribution in [0.5, 0.6) is 0 Å². The number of aromatic nitrogens is 5. The largest absolute Gasteiger partial charge is 0.369 e. The van der Waals surface area contributed by atoms with Crippen LogP contribution in [0.15, 0.2) is 54.9 Å². The number of carbonyl (C=O) groups excluding carboxylic acids is 1. The summed E-state index contributed by atoms with van der Waals surface area (Å²) in [6.07, 6.45) is 4.36. The number of aryl methyl sites for hydroxylation is 1. The first-order valence-electron chi connectivity index (χ1n) is 10.1. The summed E-state index contributed by atoms with van der Waals surface area (Å²) in [6, 6.07) is 14.5. The van der Waals surface area contributed by atoms with Crippen LogP contribution >= 0.6 is 0 Å². The van der Waals surface area contributed by atoms with Gasteiger partial charge in [-0.25, -0.2) is 0 Å². The maximum atomic E-state index is 11.3. The van der Waals surface area contributed by atoms with E-state index in [4.69, 9.17) is 10.5 Å². The topological polar surface area (TPSA) is 101 Å². The Balaban J connectivity index is 1.68. The second kappa shape index (κ2) is 7.81. The van der Waals surface area contributed by atoms with E-state index in [0.29, 0.717) is 13.2 Å². The Hall–Kier alpha value is -3.78. The van der Waals surface area contributed by atoms with Crippen LogP contribution in [0, 0.1) is 6.92 Å². The molecule has 1 aliphatic heterocycles. The fraction of sp³-hybridized carbons (Fsp3) is 0.217. The maximum absolute atomic E-state index is 11.3. The number of hydrogen-bond donors (Lipinski definition) is 1. The molecule has 0 bridgehead atoms. The molecule has 2 aromatic carbocycles. The third-order valence-electron chi connectivity index (χ3n) is 5.50. The highest BCUT2D eigenvalue weighted by atomic mass is 16.5. The number of amides is 1. The van der Waals surface area contributed by atoms with Gasteiger partial charge < -0.3 is 10.5 Å². The molecule has 0 atom stereocenters. The number of hydrogen-bond acceptors (Lipinski definition) is 5. The number of nitrogens with zero attached hydrogens (tertiary/aromatic N) is 5. The first kappa shape index (κ1) is 19.2. The predicted octanol–water partition coefficient (Wildman–Crippen LogP) is 2.55. The summed E-state index contributed by atoms with van der Waals surface area (Å²) in [4.78, 5) is 11.3. The molecule has 2 aromatic heterocycles. The zero-order valence-electron chi connectivity index (χ0n) is 17.2. The minimum absolute atomic E-state index is 0.0470. The lowest BCUT2D eigenvalue weighted by atomic mass is 9.91. The molecule has 8 nitrogen and oxygen atoms in total. The average Bonchev–Trinajstić information content (AvgIpc) is 3.30. The van der Waals surface area contributed by atoms with Crippen LogP contribution in [0.4, 0.5) is 0 Å². The van der Waals surface area contributed by atoms with Crippen LogP contribution in [0.3, 0.4) is 0 Å². The number of primary amides is 1. The zero-order chi connectivity index (χ0) is 21.4. The minimum atomic E-state index is -0.426. The summed E-state index contributed by atoms with van der Waals surface area (Å²) in [5.41, 5.74) is 11.8.